The fourth-order valence-corrected chi connectivity index (χ4v) is 4.03. The van der Waals surface area contributed by atoms with Crippen molar-refractivity contribution in [3.05, 3.63) is 0 Å². The van der Waals surface area contributed by atoms with Gasteiger partial charge >= 0.3 is 0 Å². The number of unbranched alkanes of at least 4 members (excludes halogenated alkanes) is 1. The fourth-order valence-electron chi connectivity index (χ4n) is 2.98. The first-order valence-corrected chi connectivity index (χ1v) is 10.8. The zero-order valence-corrected chi connectivity index (χ0v) is 17.9. The highest BCUT2D eigenvalue weighted by atomic mass is 32.2. The third-order valence-electron chi connectivity index (χ3n) is 4.67. The van der Waals surface area contributed by atoms with Gasteiger partial charge in [0.1, 0.15) is 6.10 Å². The molecule has 4 atom stereocenters. The molecule has 0 spiro atoms. The van der Waals surface area contributed by atoms with Gasteiger partial charge in [-0.05, 0) is 52.3 Å². The highest BCUT2D eigenvalue weighted by Crippen LogP contribution is 2.29. The summed E-state index contributed by atoms with van der Waals surface area (Å²) in [7, 11) is 0. The Bertz CT molecular complexity index is 374. The number of ether oxygens (including phenoxy) is 3. The predicted octanol–water partition coefficient (Wildman–Crippen LogP) is 5.60. The molecule has 0 bridgehead atoms. The van der Waals surface area contributed by atoms with Crippen molar-refractivity contribution in [3.63, 3.8) is 0 Å². The van der Waals surface area contributed by atoms with Gasteiger partial charge < -0.3 is 14.2 Å². The van der Waals surface area contributed by atoms with Crippen molar-refractivity contribution in [2.45, 2.75) is 97.6 Å². The first-order chi connectivity index (χ1) is 11.3. The van der Waals surface area contributed by atoms with Gasteiger partial charge in [-0.15, -0.1) is 0 Å². The molecule has 1 rings (SSSR count). The summed E-state index contributed by atoms with van der Waals surface area (Å²) >= 11 is 6.72. The van der Waals surface area contributed by atoms with Crippen LogP contribution in [0.2, 0.25) is 0 Å². The smallest absolute Gasteiger partial charge is 0.220 e. The zero-order chi connectivity index (χ0) is 18.2. The molecule has 0 aliphatic carbocycles. The van der Waals surface area contributed by atoms with Crippen LogP contribution in [0.5, 0.6) is 0 Å². The molecule has 0 saturated carbocycles. The van der Waals surface area contributed by atoms with Crippen molar-refractivity contribution in [1.82, 2.24) is 0 Å². The molecule has 1 fully saturated rings. The van der Waals surface area contributed by atoms with E-state index in [-0.39, 0.29) is 23.9 Å². The van der Waals surface area contributed by atoms with Crippen LogP contribution < -0.4 is 0 Å². The molecule has 0 amide bonds. The molecule has 0 N–H and O–H groups in total. The van der Waals surface area contributed by atoms with E-state index in [1.807, 2.05) is 0 Å². The van der Waals surface area contributed by atoms with E-state index in [1.54, 1.807) is 11.8 Å². The summed E-state index contributed by atoms with van der Waals surface area (Å²) in [6.45, 7) is 13.8. The summed E-state index contributed by atoms with van der Waals surface area (Å²) in [5, 5.41) is 0. The molecule has 1 saturated heterocycles. The van der Waals surface area contributed by atoms with E-state index in [4.69, 9.17) is 26.4 Å². The fraction of sp³-hybridized carbons (Fsp3) is 0.947. The lowest BCUT2D eigenvalue weighted by Gasteiger charge is -2.33. The molecule has 0 radical (unpaired) electrons. The minimum absolute atomic E-state index is 0.0599. The summed E-state index contributed by atoms with van der Waals surface area (Å²) in [5.41, 5.74) is -0.241. The number of thioether (sulfide) groups is 1. The highest BCUT2D eigenvalue weighted by Gasteiger charge is 2.32. The largest absolute Gasteiger partial charge is 0.474 e. The summed E-state index contributed by atoms with van der Waals surface area (Å²) in [6.07, 6.45) is 6.16. The Labute approximate surface area is 158 Å². The summed E-state index contributed by atoms with van der Waals surface area (Å²) in [5.74, 6) is 1.60. The molecule has 24 heavy (non-hydrogen) atoms. The Hall–Kier alpha value is 0.160. The van der Waals surface area contributed by atoms with Crippen LogP contribution in [-0.2, 0) is 14.2 Å². The number of rotatable bonds is 12. The third-order valence-corrected chi connectivity index (χ3v) is 5.99. The lowest BCUT2D eigenvalue weighted by molar-refractivity contribution is -0.136. The van der Waals surface area contributed by atoms with Crippen molar-refractivity contribution in [1.29, 1.82) is 0 Å². The normalized spacial score (nSPS) is 22.2. The van der Waals surface area contributed by atoms with Gasteiger partial charge in [0.25, 0.3) is 0 Å². The molecule has 1 aliphatic rings. The maximum atomic E-state index is 6.29. The maximum Gasteiger partial charge on any atom is 0.220 e. The van der Waals surface area contributed by atoms with Gasteiger partial charge in [-0.2, -0.15) is 0 Å². The van der Waals surface area contributed by atoms with E-state index < -0.39 is 0 Å². The lowest BCUT2D eigenvalue weighted by atomic mass is 10.00. The molecule has 5 heteroatoms. The second-order valence-corrected chi connectivity index (χ2v) is 9.16. The van der Waals surface area contributed by atoms with Crippen molar-refractivity contribution in [2.75, 3.05) is 12.4 Å². The maximum absolute atomic E-state index is 6.29. The number of hydrogen-bond donors (Lipinski definition) is 0. The van der Waals surface area contributed by atoms with Gasteiger partial charge in [-0.3, -0.25) is 0 Å². The van der Waals surface area contributed by atoms with Crippen molar-refractivity contribution < 1.29 is 14.2 Å². The summed E-state index contributed by atoms with van der Waals surface area (Å²) < 4.78 is 18.7. The molecule has 0 aromatic heterocycles. The van der Waals surface area contributed by atoms with Crippen LogP contribution in [0.3, 0.4) is 0 Å². The molecule has 1 aliphatic heterocycles. The van der Waals surface area contributed by atoms with E-state index in [1.165, 1.54) is 25.7 Å². The van der Waals surface area contributed by atoms with Gasteiger partial charge in [-0.1, -0.05) is 44.9 Å². The topological polar surface area (TPSA) is 27.7 Å². The second kappa shape index (κ2) is 11.0. The average molecular weight is 377 g/mol. The Morgan fingerprint density at radius 1 is 1.29 bits per heavy atom. The second-order valence-electron chi connectivity index (χ2n) is 7.54. The average Bonchev–Trinajstić information content (AvgIpc) is 2.90. The molecule has 142 valence electrons. The first-order valence-electron chi connectivity index (χ1n) is 9.40. The Morgan fingerprint density at radius 3 is 2.54 bits per heavy atom. The predicted molar refractivity (Wildman–Crippen MR) is 108 cm³/mol. The van der Waals surface area contributed by atoms with Crippen LogP contribution in [0.1, 0.15) is 73.6 Å². The van der Waals surface area contributed by atoms with Crippen LogP contribution in [0.4, 0.5) is 0 Å². The van der Waals surface area contributed by atoms with E-state index in [0.29, 0.717) is 10.3 Å². The monoisotopic (exact) mass is 376 g/mol. The zero-order valence-electron chi connectivity index (χ0n) is 16.3. The van der Waals surface area contributed by atoms with Crippen LogP contribution in [0.15, 0.2) is 0 Å². The van der Waals surface area contributed by atoms with E-state index >= 15 is 0 Å². The van der Waals surface area contributed by atoms with Gasteiger partial charge in [0.15, 0.2) is 0 Å². The lowest BCUT2D eigenvalue weighted by Crippen LogP contribution is -2.39. The minimum Gasteiger partial charge on any atom is -0.474 e. The van der Waals surface area contributed by atoms with E-state index in [0.717, 1.165) is 18.8 Å². The Morgan fingerprint density at radius 2 is 2.00 bits per heavy atom. The first kappa shape index (κ1) is 22.2. The van der Waals surface area contributed by atoms with Crippen LogP contribution in [0, 0.1) is 5.92 Å². The standard InChI is InChI=1S/C19H36O3S2/c1-7-9-10-16(8-2)12-20-14(3)15(4)22-19(5,6)11-17-13-24-18(23)21-17/h14-17H,7-13H2,1-6H3. The van der Waals surface area contributed by atoms with E-state index in [2.05, 4.69) is 41.5 Å². The van der Waals surface area contributed by atoms with Gasteiger partial charge in [-0.25, -0.2) is 0 Å². The van der Waals surface area contributed by atoms with Gasteiger partial charge in [0.2, 0.25) is 4.38 Å². The summed E-state index contributed by atoms with van der Waals surface area (Å²) in [4.78, 5) is 0. The molecule has 4 unspecified atom stereocenters. The van der Waals surface area contributed by atoms with Crippen molar-refractivity contribution in [2.24, 2.45) is 5.92 Å². The SMILES string of the molecule is CCCCC(CC)COC(C)C(C)OC(C)(C)CC1CSC(=S)O1. The molecule has 0 aromatic carbocycles. The van der Waals surface area contributed by atoms with Gasteiger partial charge in [0.05, 0.1) is 17.8 Å². The molecular formula is C19H36O3S2. The quantitative estimate of drug-likeness (QED) is 0.413. The minimum atomic E-state index is -0.241. The molecular weight excluding hydrogens is 340 g/mol. The van der Waals surface area contributed by atoms with Crippen LogP contribution in [0.25, 0.3) is 0 Å². The molecule has 3 nitrogen and oxygen atoms in total. The van der Waals surface area contributed by atoms with Crippen LogP contribution >= 0.6 is 24.0 Å². The third kappa shape index (κ3) is 8.50. The number of thiocarbonyl (C=S) groups is 1. The van der Waals surface area contributed by atoms with Crippen molar-refractivity contribution in [3.8, 4) is 0 Å². The molecule has 1 heterocycles. The Kier molecular flexibility index (Phi) is 10.2. The van der Waals surface area contributed by atoms with Crippen LogP contribution in [-0.4, -0.2) is 40.7 Å². The molecule has 0 aromatic rings. The highest BCUT2D eigenvalue weighted by molar-refractivity contribution is 8.22. The number of hydrogen-bond acceptors (Lipinski definition) is 5. The van der Waals surface area contributed by atoms with E-state index in [9.17, 15) is 0 Å². The van der Waals surface area contributed by atoms with Gasteiger partial charge in [0, 0.05) is 18.8 Å². The Balaban J connectivity index is 2.35. The summed E-state index contributed by atoms with van der Waals surface area (Å²) in [6, 6.07) is 0. The van der Waals surface area contributed by atoms with Crippen molar-refractivity contribution >= 4 is 28.4 Å².